The van der Waals surface area contributed by atoms with E-state index in [-0.39, 0.29) is 5.54 Å². The number of hydrogen-bond donors (Lipinski definition) is 2. The molecule has 2 heterocycles. The van der Waals surface area contributed by atoms with Gasteiger partial charge in [-0.1, -0.05) is 6.92 Å². The summed E-state index contributed by atoms with van der Waals surface area (Å²) in [5.74, 6) is 0.641. The topological polar surface area (TPSA) is 37.0 Å². The number of aromatic nitrogens is 1. The van der Waals surface area contributed by atoms with E-state index >= 15 is 0 Å². The van der Waals surface area contributed by atoms with E-state index in [2.05, 4.69) is 35.0 Å². The van der Waals surface area contributed by atoms with Gasteiger partial charge in [-0.3, -0.25) is 0 Å². The van der Waals surface area contributed by atoms with Gasteiger partial charge in [0.2, 0.25) is 0 Å². The van der Waals surface area contributed by atoms with Crippen molar-refractivity contribution in [3.8, 4) is 0 Å². The molecule has 3 nitrogen and oxygen atoms in total. The minimum Gasteiger partial charge on any atom is -0.316 e. The maximum Gasteiger partial charge on any atom is 0.113 e. The lowest BCUT2D eigenvalue weighted by atomic mass is 9.77. The first-order chi connectivity index (χ1) is 7.33. The van der Waals surface area contributed by atoms with Gasteiger partial charge in [0.05, 0.1) is 5.54 Å². The summed E-state index contributed by atoms with van der Waals surface area (Å²) in [6.45, 7) is 4.44. The van der Waals surface area contributed by atoms with Gasteiger partial charge in [0, 0.05) is 18.1 Å². The highest BCUT2D eigenvalue weighted by molar-refractivity contribution is 7.09. The number of nitrogens with one attached hydrogen (secondary N) is 2. The molecular formula is C11H19N3S. The maximum atomic E-state index is 4.51. The van der Waals surface area contributed by atoms with Crippen LogP contribution >= 0.6 is 11.3 Å². The van der Waals surface area contributed by atoms with Crippen LogP contribution in [0.1, 0.15) is 24.8 Å². The molecule has 1 aromatic rings. The summed E-state index contributed by atoms with van der Waals surface area (Å²) >= 11 is 1.77. The van der Waals surface area contributed by atoms with Crippen molar-refractivity contribution in [3.63, 3.8) is 0 Å². The summed E-state index contributed by atoms with van der Waals surface area (Å²) in [4.78, 5) is 4.51. The van der Waals surface area contributed by atoms with Crippen molar-refractivity contribution in [2.75, 3.05) is 20.1 Å². The molecule has 0 bridgehead atoms. The van der Waals surface area contributed by atoms with Gasteiger partial charge in [0.1, 0.15) is 5.01 Å². The van der Waals surface area contributed by atoms with Crippen LogP contribution in [-0.4, -0.2) is 25.1 Å². The molecule has 1 aromatic heterocycles. The van der Waals surface area contributed by atoms with Crippen LogP contribution in [0.25, 0.3) is 0 Å². The second-order valence-corrected chi connectivity index (χ2v) is 5.01. The smallest absolute Gasteiger partial charge is 0.113 e. The molecule has 1 saturated heterocycles. The standard InChI is InChI=1S/C11H19N3S/c1-3-9-8-13-5-4-11(9,12-2)10-14-6-7-15-10/h6-7,9,12-13H,3-5,8H2,1-2H3. The van der Waals surface area contributed by atoms with Crippen LogP contribution in [-0.2, 0) is 5.54 Å². The highest BCUT2D eigenvalue weighted by Gasteiger charge is 2.41. The lowest BCUT2D eigenvalue weighted by molar-refractivity contribution is 0.160. The van der Waals surface area contributed by atoms with Crippen LogP contribution in [0.3, 0.4) is 0 Å². The molecule has 1 fully saturated rings. The molecule has 0 saturated carbocycles. The van der Waals surface area contributed by atoms with Crippen molar-refractivity contribution >= 4 is 11.3 Å². The van der Waals surface area contributed by atoms with Gasteiger partial charge in [0.15, 0.2) is 0 Å². The fourth-order valence-electron chi connectivity index (χ4n) is 2.59. The largest absolute Gasteiger partial charge is 0.316 e. The van der Waals surface area contributed by atoms with E-state index in [9.17, 15) is 0 Å². The summed E-state index contributed by atoms with van der Waals surface area (Å²) in [6.07, 6.45) is 4.23. The van der Waals surface area contributed by atoms with E-state index in [0.717, 1.165) is 19.5 Å². The Morgan fingerprint density at radius 3 is 3.20 bits per heavy atom. The van der Waals surface area contributed by atoms with E-state index in [4.69, 9.17) is 0 Å². The minimum absolute atomic E-state index is 0.105. The van der Waals surface area contributed by atoms with Gasteiger partial charge in [0.25, 0.3) is 0 Å². The van der Waals surface area contributed by atoms with Crippen LogP contribution in [0.4, 0.5) is 0 Å². The van der Waals surface area contributed by atoms with Crippen molar-refractivity contribution in [1.82, 2.24) is 15.6 Å². The van der Waals surface area contributed by atoms with Gasteiger partial charge in [-0.15, -0.1) is 11.3 Å². The van der Waals surface area contributed by atoms with Gasteiger partial charge in [-0.25, -0.2) is 4.98 Å². The van der Waals surface area contributed by atoms with Gasteiger partial charge >= 0.3 is 0 Å². The van der Waals surface area contributed by atoms with Gasteiger partial charge < -0.3 is 10.6 Å². The number of piperidine rings is 1. The third-order valence-corrected chi connectivity index (χ3v) is 4.49. The Kier molecular flexibility index (Phi) is 3.38. The highest BCUT2D eigenvalue weighted by Crippen LogP contribution is 2.37. The van der Waals surface area contributed by atoms with Crippen LogP contribution in [0.5, 0.6) is 0 Å². The summed E-state index contributed by atoms with van der Waals surface area (Å²) in [5.41, 5.74) is 0.105. The van der Waals surface area contributed by atoms with E-state index in [1.807, 2.05) is 6.20 Å². The quantitative estimate of drug-likeness (QED) is 0.820. The van der Waals surface area contributed by atoms with Crippen molar-refractivity contribution in [3.05, 3.63) is 16.6 Å². The molecule has 2 unspecified atom stereocenters. The molecule has 2 rings (SSSR count). The first kappa shape index (κ1) is 11.0. The Balaban J connectivity index is 2.32. The zero-order chi connectivity index (χ0) is 10.7. The Morgan fingerprint density at radius 1 is 1.73 bits per heavy atom. The SMILES string of the molecule is CCC1CNCCC1(NC)c1nccs1. The lowest BCUT2D eigenvalue weighted by Gasteiger charge is -2.42. The number of thiazole rings is 1. The van der Waals surface area contributed by atoms with Gasteiger partial charge in [-0.05, 0) is 32.4 Å². The van der Waals surface area contributed by atoms with Crippen molar-refractivity contribution in [2.45, 2.75) is 25.3 Å². The molecule has 0 aliphatic carbocycles. The predicted octanol–water partition coefficient (Wildman–Crippen LogP) is 1.58. The Hall–Kier alpha value is -0.450. The molecule has 4 heteroatoms. The Morgan fingerprint density at radius 2 is 2.60 bits per heavy atom. The van der Waals surface area contributed by atoms with Crippen LogP contribution in [0.15, 0.2) is 11.6 Å². The van der Waals surface area contributed by atoms with Crippen LogP contribution < -0.4 is 10.6 Å². The number of nitrogens with zero attached hydrogens (tertiary/aromatic N) is 1. The molecule has 0 spiro atoms. The Bertz CT molecular complexity index is 299. The molecule has 0 radical (unpaired) electrons. The molecule has 0 amide bonds. The minimum atomic E-state index is 0.105. The fraction of sp³-hybridized carbons (Fsp3) is 0.727. The molecule has 1 aliphatic heterocycles. The van der Waals surface area contributed by atoms with Gasteiger partial charge in [-0.2, -0.15) is 0 Å². The zero-order valence-corrected chi connectivity index (χ0v) is 10.2. The zero-order valence-electron chi connectivity index (χ0n) is 9.42. The summed E-state index contributed by atoms with van der Waals surface area (Å²) in [7, 11) is 2.06. The Labute approximate surface area is 95.3 Å². The summed E-state index contributed by atoms with van der Waals surface area (Å²) < 4.78 is 0. The normalized spacial score (nSPS) is 31.7. The van der Waals surface area contributed by atoms with Crippen LogP contribution in [0, 0.1) is 5.92 Å². The third-order valence-electron chi connectivity index (χ3n) is 3.54. The monoisotopic (exact) mass is 225 g/mol. The molecule has 2 atom stereocenters. The molecule has 84 valence electrons. The van der Waals surface area contributed by atoms with E-state index in [1.165, 1.54) is 11.4 Å². The fourth-order valence-corrected chi connectivity index (χ4v) is 3.55. The van der Waals surface area contributed by atoms with E-state index < -0.39 is 0 Å². The van der Waals surface area contributed by atoms with Crippen LogP contribution in [0.2, 0.25) is 0 Å². The van der Waals surface area contributed by atoms with E-state index in [1.54, 1.807) is 11.3 Å². The molecule has 2 N–H and O–H groups in total. The maximum absolute atomic E-state index is 4.51. The third kappa shape index (κ3) is 1.82. The van der Waals surface area contributed by atoms with Crippen molar-refractivity contribution in [1.29, 1.82) is 0 Å². The second kappa shape index (κ2) is 4.60. The lowest BCUT2D eigenvalue weighted by Crippen LogP contribution is -2.55. The first-order valence-corrected chi connectivity index (χ1v) is 6.51. The predicted molar refractivity (Wildman–Crippen MR) is 64.1 cm³/mol. The number of rotatable bonds is 3. The average molecular weight is 225 g/mol. The molecule has 1 aliphatic rings. The first-order valence-electron chi connectivity index (χ1n) is 5.63. The molecule has 0 aromatic carbocycles. The molecular weight excluding hydrogens is 206 g/mol. The van der Waals surface area contributed by atoms with Crippen molar-refractivity contribution in [2.24, 2.45) is 5.92 Å². The molecule has 15 heavy (non-hydrogen) atoms. The average Bonchev–Trinajstić information content (AvgIpc) is 2.82. The van der Waals surface area contributed by atoms with Crippen molar-refractivity contribution < 1.29 is 0 Å². The summed E-state index contributed by atoms with van der Waals surface area (Å²) in [5, 5.41) is 10.3. The highest BCUT2D eigenvalue weighted by atomic mass is 32.1. The second-order valence-electron chi connectivity index (χ2n) is 4.12. The number of hydrogen-bond acceptors (Lipinski definition) is 4. The van der Waals surface area contributed by atoms with E-state index in [0.29, 0.717) is 5.92 Å². The summed E-state index contributed by atoms with van der Waals surface area (Å²) in [6, 6.07) is 0.